The first-order valence-electron chi connectivity index (χ1n) is 6.36. The summed E-state index contributed by atoms with van der Waals surface area (Å²) in [6.45, 7) is 0.754. The zero-order valence-electron chi connectivity index (χ0n) is 10.3. The van der Waals surface area contributed by atoms with Gasteiger partial charge >= 0.3 is 5.97 Å². The Bertz CT molecular complexity index is 486. The van der Waals surface area contributed by atoms with Crippen molar-refractivity contribution in [3.8, 4) is 5.75 Å². The maximum absolute atomic E-state index is 11.0. The molecule has 1 saturated carbocycles. The number of fused-ring (bicyclic) bond motifs is 1. The largest absolute Gasteiger partial charge is 0.493 e. The van der Waals surface area contributed by atoms with E-state index in [1.807, 2.05) is 19.2 Å². The van der Waals surface area contributed by atoms with Crippen LogP contribution < -0.4 is 10.1 Å². The van der Waals surface area contributed by atoms with Gasteiger partial charge in [0.05, 0.1) is 12.5 Å². The Kier molecular flexibility index (Phi) is 2.74. The van der Waals surface area contributed by atoms with Crippen molar-refractivity contribution in [2.45, 2.75) is 18.9 Å². The van der Waals surface area contributed by atoms with Gasteiger partial charge < -0.3 is 15.2 Å². The van der Waals surface area contributed by atoms with Gasteiger partial charge in [-0.15, -0.1) is 0 Å². The summed E-state index contributed by atoms with van der Waals surface area (Å²) in [5, 5.41) is 12.3. The average Bonchev–Trinajstić information content (AvgIpc) is 3.00. The summed E-state index contributed by atoms with van der Waals surface area (Å²) in [6.07, 6.45) is 1.72. The summed E-state index contributed by atoms with van der Waals surface area (Å²) in [4.78, 5) is 11.0. The molecule has 1 heterocycles. The number of carboxylic acid groups (broad SMARTS) is 1. The summed E-state index contributed by atoms with van der Waals surface area (Å²) < 4.78 is 5.49. The molecule has 3 atom stereocenters. The molecule has 96 valence electrons. The van der Waals surface area contributed by atoms with Crippen molar-refractivity contribution >= 4 is 5.97 Å². The molecule has 3 rings (SSSR count). The van der Waals surface area contributed by atoms with E-state index in [1.165, 1.54) is 11.1 Å². The molecule has 1 aliphatic carbocycles. The smallest absolute Gasteiger partial charge is 0.306 e. The fourth-order valence-electron chi connectivity index (χ4n) is 2.89. The minimum atomic E-state index is -0.676. The third-order valence-electron chi connectivity index (χ3n) is 3.97. The van der Waals surface area contributed by atoms with E-state index in [4.69, 9.17) is 9.84 Å². The van der Waals surface area contributed by atoms with Gasteiger partial charge in [0.1, 0.15) is 5.75 Å². The summed E-state index contributed by atoms with van der Waals surface area (Å²) in [5.74, 6) is 0.323. The van der Waals surface area contributed by atoms with E-state index in [1.54, 1.807) is 0 Å². The predicted octanol–water partition coefficient (Wildman–Crippen LogP) is 1.60. The highest BCUT2D eigenvalue weighted by Crippen LogP contribution is 2.47. The summed E-state index contributed by atoms with van der Waals surface area (Å²) in [7, 11) is 1.89. The first-order chi connectivity index (χ1) is 8.70. The first-order valence-corrected chi connectivity index (χ1v) is 6.36. The summed E-state index contributed by atoms with van der Waals surface area (Å²) in [6, 6.07) is 6.33. The van der Waals surface area contributed by atoms with Gasteiger partial charge in [-0.3, -0.25) is 4.79 Å². The standard InChI is InChI=1S/C14H17NO3/c1-15-13(10-7-11(10)14(16)17)9-2-3-12-8(6-9)4-5-18-12/h2-3,6,10-11,13,15H,4-5,7H2,1H3,(H,16,17). The van der Waals surface area contributed by atoms with Crippen molar-refractivity contribution in [2.75, 3.05) is 13.7 Å². The molecule has 0 bridgehead atoms. The van der Waals surface area contributed by atoms with Gasteiger partial charge in [-0.2, -0.15) is 0 Å². The third kappa shape index (κ3) is 1.86. The monoisotopic (exact) mass is 247 g/mol. The normalized spacial score (nSPS) is 26.3. The molecule has 4 nitrogen and oxygen atoms in total. The van der Waals surface area contributed by atoms with Crippen LogP contribution in [0.2, 0.25) is 0 Å². The Balaban J connectivity index is 1.82. The number of aliphatic carboxylic acids is 1. The van der Waals surface area contributed by atoms with E-state index in [-0.39, 0.29) is 17.9 Å². The van der Waals surface area contributed by atoms with Crippen LogP contribution in [-0.4, -0.2) is 24.7 Å². The van der Waals surface area contributed by atoms with E-state index in [2.05, 4.69) is 11.4 Å². The fourth-order valence-corrected chi connectivity index (χ4v) is 2.89. The Morgan fingerprint density at radius 3 is 3.06 bits per heavy atom. The molecule has 1 aromatic carbocycles. The number of hydrogen-bond donors (Lipinski definition) is 2. The quantitative estimate of drug-likeness (QED) is 0.848. The zero-order chi connectivity index (χ0) is 12.7. The Labute approximate surface area is 106 Å². The van der Waals surface area contributed by atoms with Crippen LogP contribution in [0.5, 0.6) is 5.75 Å². The maximum Gasteiger partial charge on any atom is 0.306 e. The van der Waals surface area contributed by atoms with Gasteiger partial charge in [0.2, 0.25) is 0 Å². The molecule has 3 unspecified atom stereocenters. The van der Waals surface area contributed by atoms with Crippen LogP contribution in [0, 0.1) is 11.8 Å². The lowest BCUT2D eigenvalue weighted by molar-refractivity contribution is -0.138. The minimum Gasteiger partial charge on any atom is -0.493 e. The van der Waals surface area contributed by atoms with Crippen LogP contribution in [0.3, 0.4) is 0 Å². The highest BCUT2D eigenvalue weighted by Gasteiger charge is 2.48. The molecule has 1 fully saturated rings. The number of hydrogen-bond acceptors (Lipinski definition) is 3. The first kappa shape index (κ1) is 11.5. The Morgan fingerprint density at radius 2 is 2.39 bits per heavy atom. The zero-order valence-corrected chi connectivity index (χ0v) is 10.3. The van der Waals surface area contributed by atoms with Crippen LogP contribution in [0.4, 0.5) is 0 Å². The van der Waals surface area contributed by atoms with Crippen LogP contribution in [0.15, 0.2) is 18.2 Å². The second-order valence-electron chi connectivity index (χ2n) is 5.08. The molecular weight excluding hydrogens is 230 g/mol. The number of carboxylic acids is 1. The lowest BCUT2D eigenvalue weighted by Gasteiger charge is -2.17. The molecule has 1 aliphatic heterocycles. The van der Waals surface area contributed by atoms with Gasteiger partial charge in [-0.1, -0.05) is 12.1 Å². The molecule has 2 aliphatic rings. The molecule has 0 spiro atoms. The maximum atomic E-state index is 11.0. The third-order valence-corrected chi connectivity index (χ3v) is 3.97. The summed E-state index contributed by atoms with van der Waals surface area (Å²) in [5.41, 5.74) is 2.41. The van der Waals surface area contributed by atoms with Crippen LogP contribution in [-0.2, 0) is 11.2 Å². The second kappa shape index (κ2) is 4.28. The number of ether oxygens (including phenoxy) is 1. The number of carbonyl (C=O) groups is 1. The number of rotatable bonds is 4. The SMILES string of the molecule is CNC(c1ccc2c(c1)CCO2)C1CC1C(=O)O. The van der Waals surface area contributed by atoms with Gasteiger partial charge in [-0.05, 0) is 36.6 Å². The Hall–Kier alpha value is -1.55. The van der Waals surface area contributed by atoms with E-state index >= 15 is 0 Å². The Morgan fingerprint density at radius 1 is 1.56 bits per heavy atom. The van der Waals surface area contributed by atoms with E-state index < -0.39 is 5.97 Å². The topological polar surface area (TPSA) is 58.6 Å². The molecular formula is C14H17NO3. The number of nitrogens with one attached hydrogen (secondary N) is 1. The molecule has 2 N–H and O–H groups in total. The molecule has 0 saturated heterocycles. The van der Waals surface area contributed by atoms with Crippen molar-refractivity contribution in [3.05, 3.63) is 29.3 Å². The predicted molar refractivity (Wildman–Crippen MR) is 66.7 cm³/mol. The average molecular weight is 247 g/mol. The molecule has 18 heavy (non-hydrogen) atoms. The highest BCUT2D eigenvalue weighted by atomic mass is 16.5. The summed E-state index contributed by atoms with van der Waals surface area (Å²) >= 11 is 0. The lowest BCUT2D eigenvalue weighted by atomic mass is 9.98. The van der Waals surface area contributed by atoms with Crippen molar-refractivity contribution in [1.82, 2.24) is 5.32 Å². The van der Waals surface area contributed by atoms with Crippen LogP contribution in [0.1, 0.15) is 23.6 Å². The molecule has 4 heteroatoms. The molecule has 1 aromatic rings. The van der Waals surface area contributed by atoms with Crippen LogP contribution >= 0.6 is 0 Å². The van der Waals surface area contributed by atoms with Gasteiger partial charge in [-0.25, -0.2) is 0 Å². The van der Waals surface area contributed by atoms with Gasteiger partial charge in [0.25, 0.3) is 0 Å². The second-order valence-corrected chi connectivity index (χ2v) is 5.08. The minimum absolute atomic E-state index is 0.136. The van der Waals surface area contributed by atoms with Crippen molar-refractivity contribution in [1.29, 1.82) is 0 Å². The van der Waals surface area contributed by atoms with E-state index in [9.17, 15) is 4.79 Å². The van der Waals surface area contributed by atoms with Crippen LogP contribution in [0.25, 0.3) is 0 Å². The lowest BCUT2D eigenvalue weighted by Crippen LogP contribution is -2.20. The van der Waals surface area contributed by atoms with Gasteiger partial charge in [0.15, 0.2) is 0 Å². The fraction of sp³-hybridized carbons (Fsp3) is 0.500. The van der Waals surface area contributed by atoms with E-state index in [0.29, 0.717) is 0 Å². The van der Waals surface area contributed by atoms with Crippen molar-refractivity contribution in [2.24, 2.45) is 11.8 Å². The molecule has 0 aromatic heterocycles. The molecule has 0 amide bonds. The highest BCUT2D eigenvalue weighted by molar-refractivity contribution is 5.73. The number of benzene rings is 1. The molecule has 0 radical (unpaired) electrons. The van der Waals surface area contributed by atoms with E-state index in [0.717, 1.165) is 25.2 Å². The van der Waals surface area contributed by atoms with Crippen molar-refractivity contribution < 1.29 is 14.6 Å². The van der Waals surface area contributed by atoms with Crippen molar-refractivity contribution in [3.63, 3.8) is 0 Å². The van der Waals surface area contributed by atoms with Gasteiger partial charge in [0, 0.05) is 12.5 Å².